The molecule has 1 heterocycles. The summed E-state index contributed by atoms with van der Waals surface area (Å²) in [5, 5.41) is 10.6. The minimum Gasteiger partial charge on any atom is -0.411 e. The van der Waals surface area contributed by atoms with E-state index in [-0.39, 0.29) is 16.7 Å². The normalized spacial score (nSPS) is 11.4. The average Bonchev–Trinajstić information content (AvgIpc) is 3.09. The highest BCUT2D eigenvalue weighted by molar-refractivity contribution is 7.99. The van der Waals surface area contributed by atoms with Crippen molar-refractivity contribution in [2.24, 2.45) is 0 Å². The molecule has 0 bridgehead atoms. The summed E-state index contributed by atoms with van der Waals surface area (Å²) < 4.78 is 43.1. The number of carbonyl (C=O) groups is 1. The second-order valence-corrected chi connectivity index (χ2v) is 6.58. The number of amides is 1. The van der Waals surface area contributed by atoms with E-state index in [1.165, 1.54) is 12.1 Å². The molecule has 0 radical (unpaired) electrons. The van der Waals surface area contributed by atoms with Gasteiger partial charge < -0.3 is 9.73 Å². The molecule has 2 aromatic carbocycles. The molecule has 0 aliphatic rings. The van der Waals surface area contributed by atoms with E-state index in [1.807, 2.05) is 31.2 Å². The summed E-state index contributed by atoms with van der Waals surface area (Å²) >= 11 is 1.04. The Morgan fingerprint density at radius 3 is 2.37 bits per heavy atom. The van der Waals surface area contributed by atoms with Gasteiger partial charge in [-0.15, -0.1) is 10.2 Å². The van der Waals surface area contributed by atoms with Crippen LogP contribution in [-0.2, 0) is 11.0 Å². The van der Waals surface area contributed by atoms with E-state index in [0.717, 1.165) is 35.0 Å². The fourth-order valence-electron chi connectivity index (χ4n) is 2.15. The third-order valence-electron chi connectivity index (χ3n) is 3.53. The third-order valence-corrected chi connectivity index (χ3v) is 4.35. The third kappa shape index (κ3) is 5.10. The van der Waals surface area contributed by atoms with E-state index in [0.29, 0.717) is 5.89 Å². The molecule has 0 aliphatic heterocycles. The van der Waals surface area contributed by atoms with Gasteiger partial charge in [0.05, 0.1) is 11.3 Å². The molecule has 0 spiro atoms. The first kappa shape index (κ1) is 19.0. The van der Waals surface area contributed by atoms with Crippen LogP contribution in [-0.4, -0.2) is 21.9 Å². The van der Waals surface area contributed by atoms with Gasteiger partial charge in [0, 0.05) is 11.3 Å². The number of aryl methyl sites for hydroxylation is 1. The maximum absolute atomic E-state index is 12.5. The molecule has 27 heavy (non-hydrogen) atoms. The minimum atomic E-state index is -4.41. The van der Waals surface area contributed by atoms with Crippen LogP contribution in [0.4, 0.5) is 18.9 Å². The fraction of sp³-hybridized carbons (Fsp3) is 0.167. The number of aromatic nitrogens is 2. The molecule has 1 amide bonds. The van der Waals surface area contributed by atoms with Gasteiger partial charge in [-0.25, -0.2) is 0 Å². The summed E-state index contributed by atoms with van der Waals surface area (Å²) in [6.07, 6.45) is -4.41. The Morgan fingerprint density at radius 2 is 1.74 bits per heavy atom. The highest BCUT2D eigenvalue weighted by Crippen LogP contribution is 2.30. The van der Waals surface area contributed by atoms with Crippen LogP contribution in [0.25, 0.3) is 11.5 Å². The number of alkyl halides is 3. The molecule has 0 aliphatic carbocycles. The number of halogens is 3. The zero-order chi connectivity index (χ0) is 19.4. The van der Waals surface area contributed by atoms with Crippen LogP contribution >= 0.6 is 11.8 Å². The molecule has 0 saturated heterocycles. The summed E-state index contributed by atoms with van der Waals surface area (Å²) in [4.78, 5) is 11.9. The van der Waals surface area contributed by atoms with Crippen LogP contribution < -0.4 is 5.32 Å². The molecule has 0 fully saturated rings. The smallest absolute Gasteiger partial charge is 0.411 e. The predicted molar refractivity (Wildman–Crippen MR) is 95.3 cm³/mol. The maximum Gasteiger partial charge on any atom is 0.416 e. The van der Waals surface area contributed by atoms with Crippen molar-refractivity contribution in [1.82, 2.24) is 10.2 Å². The van der Waals surface area contributed by atoms with Gasteiger partial charge in [0.15, 0.2) is 0 Å². The lowest BCUT2D eigenvalue weighted by atomic mass is 10.1. The first-order chi connectivity index (χ1) is 12.8. The Labute approximate surface area is 157 Å². The number of benzene rings is 2. The molecule has 0 saturated carbocycles. The van der Waals surface area contributed by atoms with Crippen molar-refractivity contribution in [3.8, 4) is 11.5 Å². The van der Waals surface area contributed by atoms with Crippen LogP contribution in [0.3, 0.4) is 0 Å². The van der Waals surface area contributed by atoms with E-state index < -0.39 is 17.6 Å². The van der Waals surface area contributed by atoms with E-state index in [4.69, 9.17) is 4.42 Å². The minimum absolute atomic E-state index is 0.0173. The molecule has 0 unspecified atom stereocenters. The van der Waals surface area contributed by atoms with Crippen molar-refractivity contribution in [2.45, 2.75) is 18.3 Å². The number of thioether (sulfide) groups is 1. The molecule has 9 heteroatoms. The lowest BCUT2D eigenvalue weighted by molar-refractivity contribution is -0.137. The molecule has 0 atom stereocenters. The Morgan fingerprint density at radius 1 is 1.07 bits per heavy atom. The van der Waals surface area contributed by atoms with Crippen molar-refractivity contribution in [2.75, 3.05) is 11.1 Å². The zero-order valence-electron chi connectivity index (χ0n) is 14.1. The first-order valence-electron chi connectivity index (χ1n) is 7.82. The highest BCUT2D eigenvalue weighted by Gasteiger charge is 2.30. The number of carbonyl (C=O) groups excluding carboxylic acids is 1. The van der Waals surface area contributed by atoms with Gasteiger partial charge in [-0.3, -0.25) is 4.79 Å². The van der Waals surface area contributed by atoms with Gasteiger partial charge in [-0.1, -0.05) is 29.5 Å². The van der Waals surface area contributed by atoms with Gasteiger partial charge in [0.1, 0.15) is 0 Å². The standard InChI is InChI=1S/C18H14F3N3O2S/c1-11-2-4-12(5-3-11)16-23-24-17(26-16)27-10-15(25)22-14-8-6-13(7-9-14)18(19,20)21/h2-9H,10H2,1H3,(H,22,25). The molecule has 140 valence electrons. The Hall–Kier alpha value is -2.81. The molecule has 3 aromatic rings. The fourth-order valence-corrected chi connectivity index (χ4v) is 2.71. The second kappa shape index (κ2) is 7.83. The highest BCUT2D eigenvalue weighted by atomic mass is 32.2. The quantitative estimate of drug-likeness (QED) is 0.631. The Bertz CT molecular complexity index is 922. The van der Waals surface area contributed by atoms with Crippen molar-refractivity contribution in [1.29, 1.82) is 0 Å². The number of rotatable bonds is 5. The molecule has 3 rings (SSSR count). The number of hydrogen-bond donors (Lipinski definition) is 1. The van der Waals surface area contributed by atoms with Crippen LogP contribution in [0.5, 0.6) is 0 Å². The second-order valence-electron chi connectivity index (χ2n) is 5.65. The summed E-state index contributed by atoms with van der Waals surface area (Å²) in [6, 6.07) is 11.8. The van der Waals surface area contributed by atoms with Crippen LogP contribution in [0, 0.1) is 6.92 Å². The SMILES string of the molecule is Cc1ccc(-c2nnc(SCC(=O)Nc3ccc(C(F)(F)F)cc3)o2)cc1. The van der Waals surface area contributed by atoms with Gasteiger partial charge >= 0.3 is 6.18 Å². The lowest BCUT2D eigenvalue weighted by Crippen LogP contribution is -2.14. The van der Waals surface area contributed by atoms with Gasteiger partial charge in [-0.2, -0.15) is 13.2 Å². The van der Waals surface area contributed by atoms with Crippen LogP contribution in [0.2, 0.25) is 0 Å². The van der Waals surface area contributed by atoms with E-state index >= 15 is 0 Å². The lowest BCUT2D eigenvalue weighted by Gasteiger charge is -2.08. The van der Waals surface area contributed by atoms with Crippen molar-refractivity contribution in [3.05, 3.63) is 59.7 Å². The van der Waals surface area contributed by atoms with Crippen LogP contribution in [0.1, 0.15) is 11.1 Å². The zero-order valence-corrected chi connectivity index (χ0v) is 14.9. The summed E-state index contributed by atoms with van der Waals surface area (Å²) in [5.41, 5.74) is 1.38. The number of nitrogens with zero attached hydrogens (tertiary/aromatic N) is 2. The molecule has 5 nitrogen and oxygen atoms in total. The monoisotopic (exact) mass is 393 g/mol. The summed E-state index contributed by atoms with van der Waals surface area (Å²) in [7, 11) is 0. The van der Waals surface area contributed by atoms with E-state index in [1.54, 1.807) is 0 Å². The molecular weight excluding hydrogens is 379 g/mol. The molecule has 1 N–H and O–H groups in total. The Balaban J connectivity index is 1.54. The van der Waals surface area contributed by atoms with E-state index in [2.05, 4.69) is 15.5 Å². The van der Waals surface area contributed by atoms with Gasteiger partial charge in [0.25, 0.3) is 5.22 Å². The van der Waals surface area contributed by atoms with Gasteiger partial charge in [-0.05, 0) is 43.3 Å². The van der Waals surface area contributed by atoms with Gasteiger partial charge in [0.2, 0.25) is 11.8 Å². The van der Waals surface area contributed by atoms with Crippen molar-refractivity contribution < 1.29 is 22.4 Å². The topological polar surface area (TPSA) is 68.0 Å². The average molecular weight is 393 g/mol. The first-order valence-corrected chi connectivity index (χ1v) is 8.80. The van der Waals surface area contributed by atoms with E-state index in [9.17, 15) is 18.0 Å². The molecular formula is C18H14F3N3O2S. The maximum atomic E-state index is 12.5. The summed E-state index contributed by atoms with van der Waals surface area (Å²) in [5.74, 6) is -0.0631. The summed E-state index contributed by atoms with van der Waals surface area (Å²) in [6.45, 7) is 1.97. The van der Waals surface area contributed by atoms with Crippen molar-refractivity contribution in [3.63, 3.8) is 0 Å². The Kier molecular flexibility index (Phi) is 5.50. The number of nitrogens with one attached hydrogen (secondary N) is 1. The molecule has 1 aromatic heterocycles. The van der Waals surface area contributed by atoms with Crippen molar-refractivity contribution >= 4 is 23.4 Å². The number of hydrogen-bond acceptors (Lipinski definition) is 5. The number of anilines is 1. The predicted octanol–water partition coefficient (Wildman–Crippen LogP) is 4.79. The van der Waals surface area contributed by atoms with Crippen LogP contribution in [0.15, 0.2) is 58.2 Å². The largest absolute Gasteiger partial charge is 0.416 e.